The predicted molar refractivity (Wildman–Crippen MR) is 77.8 cm³/mol. The minimum atomic E-state index is -0.269. The van der Waals surface area contributed by atoms with Crippen molar-refractivity contribution < 1.29 is 4.39 Å². The molecule has 0 aliphatic heterocycles. The molecule has 0 atom stereocenters. The van der Waals surface area contributed by atoms with Gasteiger partial charge < -0.3 is 5.73 Å². The number of aryl methyl sites for hydroxylation is 1. The van der Waals surface area contributed by atoms with Gasteiger partial charge in [-0.2, -0.15) is 5.10 Å². The number of rotatable bonds is 3. The van der Waals surface area contributed by atoms with Gasteiger partial charge in [0.05, 0.1) is 11.4 Å². The van der Waals surface area contributed by atoms with E-state index in [1.165, 1.54) is 12.1 Å². The van der Waals surface area contributed by atoms with Crippen LogP contribution in [0.25, 0.3) is 0 Å². The van der Waals surface area contributed by atoms with Crippen molar-refractivity contribution in [1.29, 1.82) is 0 Å². The predicted octanol–water partition coefficient (Wildman–Crippen LogP) is 3.55. The van der Waals surface area contributed by atoms with Gasteiger partial charge in [0.2, 0.25) is 0 Å². The Bertz CT molecular complexity index is 603. The quantitative estimate of drug-likeness (QED) is 0.502. The summed E-state index contributed by atoms with van der Waals surface area (Å²) in [5.41, 5.74) is 13.0. The molecule has 19 heavy (non-hydrogen) atoms. The molecule has 0 fully saturated rings. The first kappa shape index (κ1) is 13.1. The summed E-state index contributed by atoms with van der Waals surface area (Å²) in [7, 11) is 0. The van der Waals surface area contributed by atoms with Crippen molar-refractivity contribution in [2.24, 2.45) is 5.10 Å². The first-order chi connectivity index (χ1) is 9.06. The van der Waals surface area contributed by atoms with Gasteiger partial charge in [-0.15, -0.1) is 0 Å². The second-order valence-corrected chi connectivity index (χ2v) is 4.41. The smallest absolute Gasteiger partial charge is 0.123 e. The molecule has 0 saturated heterocycles. The van der Waals surface area contributed by atoms with Crippen molar-refractivity contribution in [3.05, 3.63) is 59.4 Å². The maximum absolute atomic E-state index is 12.8. The van der Waals surface area contributed by atoms with Crippen LogP contribution in [-0.2, 0) is 0 Å². The number of halogens is 1. The molecule has 4 heteroatoms. The lowest BCUT2D eigenvalue weighted by molar-refractivity contribution is 0.628. The molecule has 0 aliphatic carbocycles. The minimum absolute atomic E-state index is 0.269. The van der Waals surface area contributed by atoms with Crippen LogP contribution in [-0.4, -0.2) is 5.71 Å². The van der Waals surface area contributed by atoms with Crippen LogP contribution < -0.4 is 11.2 Å². The highest BCUT2D eigenvalue weighted by atomic mass is 19.1. The van der Waals surface area contributed by atoms with Crippen molar-refractivity contribution in [3.8, 4) is 0 Å². The molecule has 0 amide bonds. The molecule has 0 heterocycles. The number of anilines is 2. The number of nitrogens with one attached hydrogen (secondary N) is 1. The van der Waals surface area contributed by atoms with Crippen molar-refractivity contribution in [2.75, 3.05) is 11.2 Å². The van der Waals surface area contributed by atoms with E-state index in [2.05, 4.69) is 10.5 Å². The highest BCUT2D eigenvalue weighted by Gasteiger charge is 2.02. The van der Waals surface area contributed by atoms with Gasteiger partial charge in [-0.1, -0.05) is 12.1 Å². The summed E-state index contributed by atoms with van der Waals surface area (Å²) in [5, 5.41) is 4.25. The molecule has 3 nitrogen and oxygen atoms in total. The van der Waals surface area contributed by atoms with Crippen LogP contribution in [0.1, 0.15) is 18.1 Å². The van der Waals surface area contributed by atoms with Crippen LogP contribution >= 0.6 is 0 Å². The topological polar surface area (TPSA) is 50.4 Å². The summed E-state index contributed by atoms with van der Waals surface area (Å²) >= 11 is 0. The van der Waals surface area contributed by atoms with E-state index in [-0.39, 0.29) is 5.82 Å². The Kier molecular flexibility index (Phi) is 3.80. The summed E-state index contributed by atoms with van der Waals surface area (Å²) in [6.07, 6.45) is 0. The largest absolute Gasteiger partial charge is 0.398 e. The molecule has 0 bridgehead atoms. The summed E-state index contributed by atoms with van der Waals surface area (Å²) in [4.78, 5) is 0. The number of benzene rings is 2. The van der Waals surface area contributed by atoms with Crippen LogP contribution in [0, 0.1) is 12.7 Å². The van der Waals surface area contributed by atoms with Gasteiger partial charge in [0, 0.05) is 11.3 Å². The summed E-state index contributed by atoms with van der Waals surface area (Å²) in [6, 6.07) is 11.9. The van der Waals surface area contributed by atoms with Gasteiger partial charge in [-0.25, -0.2) is 4.39 Å². The lowest BCUT2D eigenvalue weighted by Gasteiger charge is -2.07. The van der Waals surface area contributed by atoms with Crippen molar-refractivity contribution in [1.82, 2.24) is 0 Å². The van der Waals surface area contributed by atoms with Crippen LogP contribution in [0.4, 0.5) is 15.8 Å². The van der Waals surface area contributed by atoms with Crippen LogP contribution in [0.3, 0.4) is 0 Å². The Morgan fingerprint density at radius 2 is 1.84 bits per heavy atom. The maximum atomic E-state index is 12.8. The number of nitrogens with two attached hydrogens (primary N) is 1. The summed E-state index contributed by atoms with van der Waals surface area (Å²) in [5.74, 6) is -0.269. The Hall–Kier alpha value is -2.36. The maximum Gasteiger partial charge on any atom is 0.123 e. The highest BCUT2D eigenvalue weighted by Crippen LogP contribution is 2.15. The van der Waals surface area contributed by atoms with Crippen molar-refractivity contribution in [3.63, 3.8) is 0 Å². The lowest BCUT2D eigenvalue weighted by Crippen LogP contribution is -2.04. The number of hydrogen-bond acceptors (Lipinski definition) is 3. The number of hydrogen-bond donors (Lipinski definition) is 2. The SMILES string of the molecule is C/C(=N\Nc1ccc(F)cc1)c1ccc(C)cc1N. The Balaban J connectivity index is 2.16. The standard InChI is InChI=1S/C15H16FN3/c1-10-3-8-14(15(17)9-10)11(2)18-19-13-6-4-12(16)5-7-13/h3-9,19H,17H2,1-2H3/b18-11+. The molecule has 2 rings (SSSR count). The van der Waals surface area contributed by atoms with Crippen LogP contribution in [0.5, 0.6) is 0 Å². The van der Waals surface area contributed by atoms with E-state index in [0.717, 1.165) is 22.5 Å². The van der Waals surface area contributed by atoms with E-state index in [4.69, 9.17) is 5.73 Å². The monoisotopic (exact) mass is 257 g/mol. The second kappa shape index (κ2) is 5.52. The average Bonchev–Trinajstić information content (AvgIpc) is 2.37. The molecule has 2 aromatic rings. The first-order valence-corrected chi connectivity index (χ1v) is 5.98. The molecule has 3 N–H and O–H groups in total. The zero-order valence-corrected chi connectivity index (χ0v) is 10.9. The molecule has 0 saturated carbocycles. The van der Waals surface area contributed by atoms with Gasteiger partial charge in [0.25, 0.3) is 0 Å². The normalized spacial score (nSPS) is 11.4. The lowest BCUT2D eigenvalue weighted by atomic mass is 10.1. The molecule has 0 aromatic heterocycles. The number of hydrazone groups is 1. The molecular weight excluding hydrogens is 241 g/mol. The highest BCUT2D eigenvalue weighted by molar-refractivity contribution is 6.03. The van der Waals surface area contributed by atoms with Gasteiger partial charge in [-0.05, 0) is 49.7 Å². The van der Waals surface area contributed by atoms with Gasteiger partial charge in [-0.3, -0.25) is 5.43 Å². The first-order valence-electron chi connectivity index (χ1n) is 5.98. The van der Waals surface area contributed by atoms with Crippen LogP contribution in [0.15, 0.2) is 47.6 Å². The fraction of sp³-hybridized carbons (Fsp3) is 0.133. The number of nitrogen functional groups attached to an aromatic ring is 1. The van der Waals surface area contributed by atoms with Crippen LogP contribution in [0.2, 0.25) is 0 Å². The van der Waals surface area contributed by atoms with E-state index in [1.807, 2.05) is 32.0 Å². The summed E-state index contributed by atoms with van der Waals surface area (Å²) in [6.45, 7) is 3.86. The second-order valence-electron chi connectivity index (χ2n) is 4.41. The molecule has 0 spiro atoms. The Labute approximate surface area is 112 Å². The third kappa shape index (κ3) is 3.31. The molecule has 0 unspecified atom stereocenters. The average molecular weight is 257 g/mol. The zero-order chi connectivity index (χ0) is 13.8. The van der Waals surface area contributed by atoms with E-state index in [9.17, 15) is 4.39 Å². The third-order valence-electron chi connectivity index (χ3n) is 2.79. The number of nitrogens with zero attached hydrogens (tertiary/aromatic N) is 1. The molecule has 98 valence electrons. The van der Waals surface area contributed by atoms with Gasteiger partial charge in [0.1, 0.15) is 5.82 Å². The van der Waals surface area contributed by atoms with E-state index in [1.54, 1.807) is 12.1 Å². The van der Waals surface area contributed by atoms with Gasteiger partial charge in [0.15, 0.2) is 0 Å². The van der Waals surface area contributed by atoms with Crippen molar-refractivity contribution >= 4 is 17.1 Å². The zero-order valence-electron chi connectivity index (χ0n) is 10.9. The minimum Gasteiger partial charge on any atom is -0.398 e. The van der Waals surface area contributed by atoms with E-state index in [0.29, 0.717) is 5.69 Å². The molecule has 0 radical (unpaired) electrons. The van der Waals surface area contributed by atoms with E-state index >= 15 is 0 Å². The Morgan fingerprint density at radius 1 is 1.16 bits per heavy atom. The third-order valence-corrected chi connectivity index (χ3v) is 2.79. The van der Waals surface area contributed by atoms with Crippen molar-refractivity contribution in [2.45, 2.75) is 13.8 Å². The Morgan fingerprint density at radius 3 is 2.47 bits per heavy atom. The molecule has 2 aromatic carbocycles. The van der Waals surface area contributed by atoms with E-state index < -0.39 is 0 Å². The molecule has 0 aliphatic rings. The molecular formula is C15H16FN3. The van der Waals surface area contributed by atoms with Gasteiger partial charge >= 0.3 is 0 Å². The fourth-order valence-corrected chi connectivity index (χ4v) is 1.74. The fourth-order valence-electron chi connectivity index (χ4n) is 1.74. The summed E-state index contributed by atoms with van der Waals surface area (Å²) < 4.78 is 12.8.